The summed E-state index contributed by atoms with van der Waals surface area (Å²) in [6, 6.07) is -0.272. The van der Waals surface area contributed by atoms with E-state index < -0.39 is 10.0 Å². The van der Waals surface area contributed by atoms with Gasteiger partial charge in [0, 0.05) is 18.5 Å². The molecule has 4 rings (SSSR count). The van der Waals surface area contributed by atoms with E-state index in [0.717, 1.165) is 30.7 Å². The van der Waals surface area contributed by atoms with Crippen molar-refractivity contribution in [2.75, 3.05) is 32.1 Å². The first-order chi connectivity index (χ1) is 13.4. The van der Waals surface area contributed by atoms with Crippen molar-refractivity contribution in [1.29, 1.82) is 0 Å². The Labute approximate surface area is 169 Å². The normalized spacial score (nSPS) is 26.8. The second kappa shape index (κ2) is 8.35. The average molecular weight is 430 g/mol. The van der Waals surface area contributed by atoms with Crippen molar-refractivity contribution in [3.8, 4) is 0 Å². The van der Waals surface area contributed by atoms with Crippen LogP contribution in [0, 0.1) is 5.92 Å². The van der Waals surface area contributed by atoms with Crippen LogP contribution in [-0.4, -0.2) is 73.9 Å². The fourth-order valence-electron chi connectivity index (χ4n) is 3.56. The molecule has 3 fully saturated rings. The summed E-state index contributed by atoms with van der Waals surface area (Å²) in [6.45, 7) is 3.33. The third-order valence-electron chi connectivity index (χ3n) is 5.32. The molecule has 0 aromatic carbocycles. The topological polar surface area (TPSA) is 97.8 Å². The second-order valence-electron chi connectivity index (χ2n) is 7.83. The SMILES string of the molecule is CCCc1nc(C(=O)NC2CO[C@H]3CN(S(=O)(=O)CC4CC4)C[C@@H]3OC2)cs1. The van der Waals surface area contributed by atoms with Gasteiger partial charge in [0.15, 0.2) is 0 Å². The second-order valence-corrected chi connectivity index (χ2v) is 10.8. The van der Waals surface area contributed by atoms with Crippen LogP contribution in [0.25, 0.3) is 0 Å². The molecule has 2 saturated heterocycles. The molecule has 0 unspecified atom stereocenters. The van der Waals surface area contributed by atoms with Crippen molar-refractivity contribution in [2.24, 2.45) is 5.92 Å². The zero-order valence-electron chi connectivity index (χ0n) is 16.0. The van der Waals surface area contributed by atoms with Crippen molar-refractivity contribution >= 4 is 27.3 Å². The fraction of sp³-hybridized carbons (Fsp3) is 0.778. The molecule has 1 saturated carbocycles. The Bertz CT molecular complexity index is 792. The lowest BCUT2D eigenvalue weighted by Gasteiger charge is -2.19. The smallest absolute Gasteiger partial charge is 0.271 e. The Morgan fingerprint density at radius 2 is 1.96 bits per heavy atom. The lowest BCUT2D eigenvalue weighted by atomic mass is 10.3. The van der Waals surface area contributed by atoms with E-state index in [-0.39, 0.29) is 29.9 Å². The Balaban J connectivity index is 1.29. The maximum absolute atomic E-state index is 12.5. The van der Waals surface area contributed by atoms with Crippen LogP contribution >= 0.6 is 11.3 Å². The molecule has 0 spiro atoms. The summed E-state index contributed by atoms with van der Waals surface area (Å²) in [4.78, 5) is 16.8. The minimum atomic E-state index is -3.24. The molecule has 3 heterocycles. The molecule has 2 atom stereocenters. The highest BCUT2D eigenvalue weighted by atomic mass is 32.2. The van der Waals surface area contributed by atoms with Crippen molar-refractivity contribution in [3.63, 3.8) is 0 Å². The molecule has 0 radical (unpaired) electrons. The van der Waals surface area contributed by atoms with E-state index in [1.807, 2.05) is 0 Å². The molecule has 1 aromatic heterocycles. The summed E-state index contributed by atoms with van der Waals surface area (Å²) in [6.07, 6.45) is 3.31. The highest BCUT2D eigenvalue weighted by Gasteiger charge is 2.43. The predicted molar refractivity (Wildman–Crippen MR) is 105 cm³/mol. The highest BCUT2D eigenvalue weighted by Crippen LogP contribution is 2.32. The molecular formula is C18H27N3O5S2. The number of aryl methyl sites for hydroxylation is 1. The largest absolute Gasteiger partial charge is 0.372 e. The number of carbonyl (C=O) groups is 1. The zero-order valence-corrected chi connectivity index (χ0v) is 17.6. The number of hydrogen-bond donors (Lipinski definition) is 1. The molecule has 1 N–H and O–H groups in total. The number of amides is 1. The third-order valence-corrected chi connectivity index (χ3v) is 8.21. The van der Waals surface area contributed by atoms with Crippen LogP contribution in [0.4, 0.5) is 0 Å². The first kappa shape index (κ1) is 20.2. The summed E-state index contributed by atoms with van der Waals surface area (Å²) in [5.41, 5.74) is 0.426. The minimum absolute atomic E-state index is 0.225. The standard InChI is InChI=1S/C18H27N3O5S2/c1-2-3-17-20-14(10-27-17)18(22)19-13-8-25-15-6-21(7-16(15)26-9-13)28(23,24)11-12-4-5-12/h10,12-13,15-16H,2-9,11H2,1H3,(H,19,22)/t15-,16-/m0/s1. The molecule has 156 valence electrons. The van der Waals surface area contributed by atoms with E-state index in [4.69, 9.17) is 9.47 Å². The van der Waals surface area contributed by atoms with E-state index in [1.54, 1.807) is 5.38 Å². The predicted octanol–water partition coefficient (Wildman–Crippen LogP) is 1.03. The Hall–Kier alpha value is -1.07. The van der Waals surface area contributed by atoms with Gasteiger partial charge in [-0.1, -0.05) is 6.92 Å². The number of hydrogen-bond acceptors (Lipinski definition) is 7. The van der Waals surface area contributed by atoms with Gasteiger partial charge in [-0.2, -0.15) is 4.31 Å². The van der Waals surface area contributed by atoms with Gasteiger partial charge in [0.1, 0.15) is 5.69 Å². The van der Waals surface area contributed by atoms with Crippen molar-refractivity contribution in [2.45, 2.75) is 50.9 Å². The molecule has 8 nitrogen and oxygen atoms in total. The van der Waals surface area contributed by atoms with Crippen molar-refractivity contribution < 1.29 is 22.7 Å². The van der Waals surface area contributed by atoms with E-state index >= 15 is 0 Å². The molecule has 3 aliphatic rings. The number of nitrogens with zero attached hydrogens (tertiary/aromatic N) is 2. The van der Waals surface area contributed by atoms with Gasteiger partial charge in [0.05, 0.1) is 42.2 Å². The molecular weight excluding hydrogens is 402 g/mol. The Kier molecular flexibility index (Phi) is 6.03. The summed E-state index contributed by atoms with van der Waals surface area (Å²) in [5, 5.41) is 5.65. The van der Waals surface area contributed by atoms with Crippen molar-refractivity contribution in [3.05, 3.63) is 16.1 Å². The number of rotatable bonds is 7. The maximum Gasteiger partial charge on any atom is 0.271 e. The number of aromatic nitrogens is 1. The van der Waals surface area contributed by atoms with Gasteiger partial charge in [-0.3, -0.25) is 4.79 Å². The molecule has 10 heteroatoms. The van der Waals surface area contributed by atoms with Gasteiger partial charge < -0.3 is 14.8 Å². The number of sulfonamides is 1. The Morgan fingerprint density at radius 1 is 1.29 bits per heavy atom. The highest BCUT2D eigenvalue weighted by molar-refractivity contribution is 7.89. The van der Waals surface area contributed by atoms with Gasteiger partial charge in [0.2, 0.25) is 10.0 Å². The first-order valence-corrected chi connectivity index (χ1v) is 12.4. The number of thiazole rings is 1. The molecule has 1 aliphatic carbocycles. The molecule has 0 bridgehead atoms. The molecule has 2 aliphatic heterocycles. The van der Waals surface area contributed by atoms with Gasteiger partial charge in [-0.25, -0.2) is 13.4 Å². The summed E-state index contributed by atoms with van der Waals surface area (Å²) < 4.78 is 38.3. The fourth-order valence-corrected chi connectivity index (χ4v) is 6.33. The first-order valence-electron chi connectivity index (χ1n) is 9.91. The van der Waals surface area contributed by atoms with E-state index in [9.17, 15) is 13.2 Å². The van der Waals surface area contributed by atoms with Crippen LogP contribution < -0.4 is 5.32 Å². The van der Waals surface area contributed by atoms with Gasteiger partial charge >= 0.3 is 0 Å². The van der Waals surface area contributed by atoms with Crippen LogP contribution in [0.1, 0.15) is 41.7 Å². The average Bonchev–Trinajstić information content (AvgIpc) is 3.21. The van der Waals surface area contributed by atoms with Crippen LogP contribution in [0.5, 0.6) is 0 Å². The van der Waals surface area contributed by atoms with Gasteiger partial charge in [-0.15, -0.1) is 11.3 Å². The maximum atomic E-state index is 12.5. The van der Waals surface area contributed by atoms with Crippen molar-refractivity contribution in [1.82, 2.24) is 14.6 Å². The zero-order chi connectivity index (χ0) is 19.7. The number of nitrogens with one attached hydrogen (secondary N) is 1. The summed E-state index contributed by atoms with van der Waals surface area (Å²) >= 11 is 1.50. The monoisotopic (exact) mass is 429 g/mol. The number of carbonyl (C=O) groups excluding carboxylic acids is 1. The minimum Gasteiger partial charge on any atom is -0.372 e. The molecule has 1 amide bonds. The van der Waals surface area contributed by atoms with Gasteiger partial charge in [-0.05, 0) is 31.6 Å². The number of fused-ring (bicyclic) bond motifs is 1. The quantitative estimate of drug-likeness (QED) is 0.695. The van der Waals surface area contributed by atoms with Crippen LogP contribution in [0.3, 0.4) is 0 Å². The van der Waals surface area contributed by atoms with Crippen LogP contribution in [-0.2, 0) is 25.9 Å². The third kappa shape index (κ3) is 4.73. The summed E-state index contributed by atoms with van der Waals surface area (Å²) in [7, 11) is -3.24. The molecule has 28 heavy (non-hydrogen) atoms. The lowest BCUT2D eigenvalue weighted by molar-refractivity contribution is -0.00461. The van der Waals surface area contributed by atoms with Gasteiger partial charge in [0.25, 0.3) is 5.91 Å². The van der Waals surface area contributed by atoms with E-state index in [2.05, 4.69) is 17.2 Å². The van der Waals surface area contributed by atoms with Crippen LogP contribution in [0.15, 0.2) is 5.38 Å². The summed E-state index contributed by atoms with van der Waals surface area (Å²) in [5.74, 6) is 0.329. The lowest BCUT2D eigenvalue weighted by Crippen LogP contribution is -2.41. The van der Waals surface area contributed by atoms with E-state index in [1.165, 1.54) is 15.6 Å². The molecule has 1 aromatic rings. The Morgan fingerprint density at radius 3 is 2.57 bits per heavy atom. The van der Waals surface area contributed by atoms with Crippen LogP contribution in [0.2, 0.25) is 0 Å². The number of ether oxygens (including phenoxy) is 2. The van der Waals surface area contributed by atoms with E-state index in [0.29, 0.717) is 37.9 Å².